The summed E-state index contributed by atoms with van der Waals surface area (Å²) in [5, 5.41) is 37.8. The number of aliphatic hydroxyl groups is 2. The van der Waals surface area contributed by atoms with Crippen molar-refractivity contribution in [2.45, 2.75) is 43.7 Å². The first-order valence-corrected chi connectivity index (χ1v) is 11.5. The molecule has 10 heteroatoms. The van der Waals surface area contributed by atoms with Crippen LogP contribution in [0, 0.1) is 11.3 Å². The van der Waals surface area contributed by atoms with Gasteiger partial charge in [-0.25, -0.2) is 9.97 Å². The number of aliphatic hydroxyl groups excluding tert-OH is 2. The van der Waals surface area contributed by atoms with E-state index in [2.05, 4.69) is 20.6 Å². The van der Waals surface area contributed by atoms with Gasteiger partial charge in [0.1, 0.15) is 24.0 Å². The largest absolute Gasteiger partial charge is 0.480 e. The minimum atomic E-state index is -1.20. The van der Waals surface area contributed by atoms with E-state index >= 15 is 0 Å². The number of anilines is 1. The zero-order chi connectivity index (χ0) is 24.4. The molecule has 1 saturated heterocycles. The standard InChI is InChI=1S/C25H25N5O5/c26-10-15-5-4-14-2-1-3-18(22(14)28-15)23(32)24(33)19-8-7-17(12-34-19)27-11-16-6-9-20-25(29-16)30-21(31)13-35-20/h1-6,9,17,19,23-24,27,32-33H,7-8,11-13H2,(H,29,30,31)/t17-,19+,23-,24+/m1/s1. The van der Waals surface area contributed by atoms with Gasteiger partial charge in [-0.05, 0) is 37.1 Å². The van der Waals surface area contributed by atoms with Crippen LogP contribution in [0.4, 0.5) is 5.82 Å². The molecule has 4 heterocycles. The topological polar surface area (TPSA) is 150 Å². The molecule has 0 unspecified atom stereocenters. The van der Waals surface area contributed by atoms with Crippen LogP contribution < -0.4 is 15.4 Å². The zero-order valence-corrected chi connectivity index (χ0v) is 18.8. The van der Waals surface area contributed by atoms with Crippen molar-refractivity contribution < 1.29 is 24.5 Å². The first kappa shape index (κ1) is 23.1. The van der Waals surface area contributed by atoms with Gasteiger partial charge in [0, 0.05) is 23.5 Å². The maximum Gasteiger partial charge on any atom is 0.263 e. The molecule has 35 heavy (non-hydrogen) atoms. The van der Waals surface area contributed by atoms with Crippen molar-refractivity contribution in [1.82, 2.24) is 15.3 Å². The van der Waals surface area contributed by atoms with Gasteiger partial charge in [0.2, 0.25) is 0 Å². The number of carbonyl (C=O) groups excluding carboxylic acids is 1. The van der Waals surface area contributed by atoms with E-state index in [1.165, 1.54) is 0 Å². The molecule has 1 aromatic carbocycles. The molecule has 0 aliphatic carbocycles. The van der Waals surface area contributed by atoms with E-state index in [1.54, 1.807) is 30.3 Å². The third-order valence-electron chi connectivity index (χ3n) is 6.30. The number of amides is 1. The molecule has 0 bridgehead atoms. The summed E-state index contributed by atoms with van der Waals surface area (Å²) in [7, 11) is 0. The van der Waals surface area contributed by atoms with Crippen LogP contribution >= 0.6 is 0 Å². The van der Waals surface area contributed by atoms with Gasteiger partial charge < -0.3 is 30.3 Å². The Morgan fingerprint density at radius 1 is 1.17 bits per heavy atom. The van der Waals surface area contributed by atoms with Crippen LogP contribution in [0.3, 0.4) is 0 Å². The Morgan fingerprint density at radius 2 is 2.06 bits per heavy atom. The second-order valence-electron chi connectivity index (χ2n) is 8.68. The van der Waals surface area contributed by atoms with Crippen LogP contribution in [0.2, 0.25) is 0 Å². The number of nitrogens with zero attached hydrogens (tertiary/aromatic N) is 3. The summed E-state index contributed by atoms with van der Waals surface area (Å²) < 4.78 is 11.2. The fraction of sp³-hybridized carbons (Fsp3) is 0.360. The molecule has 0 spiro atoms. The predicted molar refractivity (Wildman–Crippen MR) is 125 cm³/mol. The average Bonchev–Trinajstić information content (AvgIpc) is 2.90. The van der Waals surface area contributed by atoms with Crippen LogP contribution in [0.5, 0.6) is 5.75 Å². The third-order valence-corrected chi connectivity index (χ3v) is 6.30. The molecule has 4 atom stereocenters. The van der Waals surface area contributed by atoms with Crippen LogP contribution in [0.25, 0.3) is 10.9 Å². The van der Waals surface area contributed by atoms with E-state index in [4.69, 9.17) is 14.7 Å². The first-order chi connectivity index (χ1) is 17.0. The van der Waals surface area contributed by atoms with E-state index in [9.17, 15) is 15.0 Å². The molecule has 180 valence electrons. The van der Waals surface area contributed by atoms with Gasteiger partial charge in [0.25, 0.3) is 5.91 Å². The summed E-state index contributed by atoms with van der Waals surface area (Å²) in [6, 6.07) is 14.4. The minimum Gasteiger partial charge on any atom is -0.480 e. The lowest BCUT2D eigenvalue weighted by Crippen LogP contribution is -2.45. The third kappa shape index (κ3) is 4.94. The average molecular weight is 476 g/mol. The Balaban J connectivity index is 1.18. The second kappa shape index (κ2) is 9.93. The van der Waals surface area contributed by atoms with Crippen molar-refractivity contribution in [3.8, 4) is 11.8 Å². The molecule has 3 aromatic rings. The van der Waals surface area contributed by atoms with Gasteiger partial charge in [-0.2, -0.15) is 5.26 Å². The summed E-state index contributed by atoms with van der Waals surface area (Å²) >= 11 is 0. The number of rotatable bonds is 6. The summed E-state index contributed by atoms with van der Waals surface area (Å²) in [6.45, 7) is 0.840. The van der Waals surface area contributed by atoms with Gasteiger partial charge in [-0.15, -0.1) is 0 Å². The summed E-state index contributed by atoms with van der Waals surface area (Å²) in [5.41, 5.74) is 1.96. The number of fused-ring (bicyclic) bond motifs is 2. The number of hydrogen-bond acceptors (Lipinski definition) is 9. The van der Waals surface area contributed by atoms with E-state index < -0.39 is 18.3 Å². The highest BCUT2D eigenvalue weighted by atomic mass is 16.5. The number of aromatic nitrogens is 2. The SMILES string of the molecule is N#Cc1ccc2cccc([C@@H](O)[C@@H](O)[C@@H]3CC[C@@H](NCc4ccc5c(n4)NC(=O)CO5)CO3)c2n1. The quantitative estimate of drug-likeness (QED) is 0.416. The molecule has 2 aromatic heterocycles. The lowest BCUT2D eigenvalue weighted by Gasteiger charge is -2.34. The van der Waals surface area contributed by atoms with Gasteiger partial charge in [-0.3, -0.25) is 4.79 Å². The fourth-order valence-electron chi connectivity index (χ4n) is 4.41. The number of nitrogens with one attached hydrogen (secondary N) is 2. The van der Waals surface area contributed by atoms with Gasteiger partial charge in [0.15, 0.2) is 18.2 Å². The molecule has 1 amide bonds. The lowest BCUT2D eigenvalue weighted by atomic mass is 9.93. The van der Waals surface area contributed by atoms with Crippen LogP contribution in [-0.2, 0) is 16.1 Å². The number of hydrogen-bond donors (Lipinski definition) is 4. The molecule has 1 fully saturated rings. The van der Waals surface area contributed by atoms with E-state index in [0.717, 1.165) is 17.5 Å². The Hall–Kier alpha value is -3.62. The van der Waals surface area contributed by atoms with Crippen molar-refractivity contribution in [2.24, 2.45) is 0 Å². The van der Waals surface area contributed by atoms with Gasteiger partial charge in [-0.1, -0.05) is 18.2 Å². The molecule has 5 rings (SSSR count). The molecule has 2 aliphatic heterocycles. The highest BCUT2D eigenvalue weighted by molar-refractivity contribution is 5.94. The van der Waals surface area contributed by atoms with Crippen LogP contribution in [0.15, 0.2) is 42.5 Å². The Kier molecular flexibility index (Phi) is 6.57. The summed E-state index contributed by atoms with van der Waals surface area (Å²) in [5.74, 6) is 0.741. The minimum absolute atomic E-state index is 0.00861. The van der Waals surface area contributed by atoms with Crippen molar-refractivity contribution >= 4 is 22.6 Å². The molecule has 0 saturated carbocycles. The highest BCUT2D eigenvalue weighted by Gasteiger charge is 2.33. The number of pyridine rings is 2. The summed E-state index contributed by atoms with van der Waals surface area (Å²) in [6.07, 6.45) is -1.58. The number of carbonyl (C=O) groups is 1. The molecular weight excluding hydrogens is 450 g/mol. The van der Waals surface area contributed by atoms with Crippen LogP contribution in [-0.4, -0.2) is 57.6 Å². The smallest absolute Gasteiger partial charge is 0.263 e. The summed E-state index contributed by atoms with van der Waals surface area (Å²) in [4.78, 5) is 20.2. The van der Waals surface area contributed by atoms with Gasteiger partial charge >= 0.3 is 0 Å². The number of benzene rings is 1. The van der Waals surface area contributed by atoms with Gasteiger partial charge in [0.05, 0.1) is 23.9 Å². The highest BCUT2D eigenvalue weighted by Crippen LogP contribution is 2.30. The van der Waals surface area contributed by atoms with Crippen molar-refractivity contribution in [1.29, 1.82) is 5.26 Å². The Bertz CT molecular complexity index is 1280. The molecule has 0 radical (unpaired) electrons. The van der Waals surface area contributed by atoms with E-state index in [0.29, 0.717) is 42.2 Å². The van der Waals surface area contributed by atoms with Crippen molar-refractivity contribution in [3.63, 3.8) is 0 Å². The Morgan fingerprint density at radius 3 is 2.86 bits per heavy atom. The lowest BCUT2D eigenvalue weighted by molar-refractivity contribution is -0.118. The van der Waals surface area contributed by atoms with Crippen molar-refractivity contribution in [2.75, 3.05) is 18.5 Å². The molecule has 4 N–H and O–H groups in total. The predicted octanol–water partition coefficient (Wildman–Crippen LogP) is 1.56. The Labute approximate surface area is 201 Å². The molecular formula is C25H25N5O5. The monoisotopic (exact) mass is 475 g/mol. The van der Waals surface area contributed by atoms with E-state index in [1.807, 2.05) is 18.2 Å². The fourth-order valence-corrected chi connectivity index (χ4v) is 4.41. The normalized spacial score (nSPS) is 21.3. The first-order valence-electron chi connectivity index (χ1n) is 11.5. The van der Waals surface area contributed by atoms with Crippen LogP contribution in [0.1, 0.15) is 35.9 Å². The zero-order valence-electron chi connectivity index (χ0n) is 18.8. The number of nitriles is 1. The maximum atomic E-state index is 11.5. The van der Waals surface area contributed by atoms with E-state index in [-0.39, 0.29) is 24.2 Å². The second-order valence-corrected chi connectivity index (χ2v) is 8.68. The number of para-hydroxylation sites is 1. The maximum absolute atomic E-state index is 11.5. The van der Waals surface area contributed by atoms with Crippen molar-refractivity contribution in [3.05, 3.63) is 59.4 Å². The molecule has 10 nitrogen and oxygen atoms in total. The number of ether oxygens (including phenoxy) is 2. The molecule has 2 aliphatic rings.